The first-order valence-electron chi connectivity index (χ1n) is 7.75. The molecule has 1 atom stereocenters. The van der Waals surface area contributed by atoms with Crippen LogP contribution in [0.4, 0.5) is 0 Å². The molecule has 0 aromatic carbocycles. The average Bonchev–Trinajstić information content (AvgIpc) is 3.18. The summed E-state index contributed by atoms with van der Waals surface area (Å²) in [5.41, 5.74) is 0. The summed E-state index contributed by atoms with van der Waals surface area (Å²) in [5, 5.41) is 6.48. The van der Waals surface area contributed by atoms with Gasteiger partial charge in [-0.3, -0.25) is 9.89 Å². The molecule has 5 nitrogen and oxygen atoms in total. The summed E-state index contributed by atoms with van der Waals surface area (Å²) in [6.07, 6.45) is 6.09. The minimum absolute atomic E-state index is 0.224. The Morgan fingerprint density at radius 3 is 2.90 bits per heavy atom. The predicted octanol–water partition coefficient (Wildman–Crippen LogP) is 2.16. The molecule has 2 rings (SSSR count). The second kappa shape index (κ2) is 8.52. The van der Waals surface area contributed by atoms with E-state index in [2.05, 4.69) is 29.0 Å². The quantitative estimate of drug-likeness (QED) is 0.459. The lowest BCUT2D eigenvalue weighted by Crippen LogP contribution is -2.38. The molecule has 0 bridgehead atoms. The first-order valence-corrected chi connectivity index (χ1v) is 7.75. The van der Waals surface area contributed by atoms with Gasteiger partial charge in [-0.1, -0.05) is 6.08 Å². The number of hydrogen-bond donors (Lipinski definition) is 2. The maximum atomic E-state index is 5.61. The lowest BCUT2D eigenvalue weighted by Gasteiger charge is -2.24. The van der Waals surface area contributed by atoms with Gasteiger partial charge in [0.25, 0.3) is 0 Å². The first kappa shape index (κ1) is 15.6. The number of likely N-dealkylation sites (tertiary alicyclic amines) is 1. The number of rotatable bonds is 7. The second-order valence-electron chi connectivity index (χ2n) is 5.16. The molecule has 1 saturated heterocycles. The Morgan fingerprint density at radius 2 is 2.29 bits per heavy atom. The van der Waals surface area contributed by atoms with Gasteiger partial charge in [0, 0.05) is 13.1 Å². The Labute approximate surface area is 127 Å². The van der Waals surface area contributed by atoms with E-state index in [-0.39, 0.29) is 6.04 Å². The van der Waals surface area contributed by atoms with E-state index < -0.39 is 0 Å². The molecule has 0 radical (unpaired) electrons. The van der Waals surface area contributed by atoms with Crippen LogP contribution in [-0.4, -0.2) is 43.6 Å². The lowest BCUT2D eigenvalue weighted by molar-refractivity contribution is 0.221. The van der Waals surface area contributed by atoms with Gasteiger partial charge in [-0.15, -0.1) is 6.58 Å². The van der Waals surface area contributed by atoms with Crippen molar-refractivity contribution in [1.82, 2.24) is 15.5 Å². The summed E-state index contributed by atoms with van der Waals surface area (Å²) in [4.78, 5) is 7.15. The third-order valence-electron chi connectivity index (χ3n) is 3.63. The molecule has 1 fully saturated rings. The van der Waals surface area contributed by atoms with Gasteiger partial charge >= 0.3 is 0 Å². The highest BCUT2D eigenvalue weighted by molar-refractivity contribution is 5.79. The topological polar surface area (TPSA) is 52.8 Å². The third kappa shape index (κ3) is 4.63. The number of hydrogen-bond acceptors (Lipinski definition) is 3. The fraction of sp³-hybridized carbons (Fsp3) is 0.562. The molecule has 0 spiro atoms. The van der Waals surface area contributed by atoms with Gasteiger partial charge in [0.05, 0.1) is 18.8 Å². The van der Waals surface area contributed by atoms with E-state index in [1.165, 1.54) is 12.8 Å². The molecule has 5 heteroatoms. The molecule has 1 aliphatic heterocycles. The minimum atomic E-state index is 0.224. The molecule has 0 aliphatic carbocycles. The predicted molar refractivity (Wildman–Crippen MR) is 86.4 cm³/mol. The van der Waals surface area contributed by atoms with Crippen LogP contribution in [0, 0.1) is 0 Å². The average molecular weight is 290 g/mol. The fourth-order valence-corrected chi connectivity index (χ4v) is 2.61. The Morgan fingerprint density at radius 1 is 1.48 bits per heavy atom. The highest BCUT2D eigenvalue weighted by atomic mass is 16.3. The molecule has 116 valence electrons. The molecule has 1 aromatic rings. The van der Waals surface area contributed by atoms with E-state index in [0.717, 1.165) is 31.4 Å². The monoisotopic (exact) mass is 290 g/mol. The van der Waals surface area contributed by atoms with Crippen molar-refractivity contribution in [3.05, 3.63) is 36.8 Å². The molecular formula is C16H26N4O. The zero-order valence-corrected chi connectivity index (χ0v) is 12.8. The molecule has 0 amide bonds. The van der Waals surface area contributed by atoms with E-state index in [1.807, 2.05) is 18.2 Å². The normalized spacial score (nSPS) is 17.7. The van der Waals surface area contributed by atoms with Crippen molar-refractivity contribution < 1.29 is 4.42 Å². The van der Waals surface area contributed by atoms with Crippen LogP contribution < -0.4 is 10.6 Å². The van der Waals surface area contributed by atoms with E-state index in [1.54, 1.807) is 6.26 Å². The summed E-state index contributed by atoms with van der Waals surface area (Å²) in [7, 11) is 0. The van der Waals surface area contributed by atoms with Crippen molar-refractivity contribution in [1.29, 1.82) is 0 Å². The number of nitrogens with zero attached hydrogens (tertiary/aromatic N) is 2. The van der Waals surface area contributed by atoms with Crippen molar-refractivity contribution in [3.63, 3.8) is 0 Å². The summed E-state index contributed by atoms with van der Waals surface area (Å²) in [6, 6.07) is 4.22. The Kier molecular flexibility index (Phi) is 6.34. The Hall–Kier alpha value is -1.75. The molecule has 1 aromatic heterocycles. The zero-order valence-electron chi connectivity index (χ0n) is 12.8. The van der Waals surface area contributed by atoms with Crippen molar-refractivity contribution in [2.24, 2.45) is 4.99 Å². The smallest absolute Gasteiger partial charge is 0.191 e. The SMILES string of the molecule is C=CCNC(=NCC(c1ccco1)N1CCCC1)NCC. The standard InChI is InChI=1S/C16H26N4O/c1-3-9-18-16(17-4-2)19-13-14(15-8-7-12-21-15)20-10-5-6-11-20/h3,7-8,12,14H,1,4-6,9-11,13H2,2H3,(H2,17,18,19). The summed E-state index contributed by atoms with van der Waals surface area (Å²) in [5.74, 6) is 1.83. The van der Waals surface area contributed by atoms with Crippen LogP contribution >= 0.6 is 0 Å². The van der Waals surface area contributed by atoms with E-state index in [4.69, 9.17) is 9.41 Å². The van der Waals surface area contributed by atoms with Crippen LogP contribution in [0.15, 0.2) is 40.5 Å². The summed E-state index contributed by atoms with van der Waals surface area (Å²) < 4.78 is 5.61. The maximum absolute atomic E-state index is 5.61. The van der Waals surface area contributed by atoms with Crippen molar-refractivity contribution >= 4 is 5.96 Å². The van der Waals surface area contributed by atoms with Crippen LogP contribution in [0.3, 0.4) is 0 Å². The number of guanidine groups is 1. The van der Waals surface area contributed by atoms with Gasteiger partial charge in [0.1, 0.15) is 5.76 Å². The van der Waals surface area contributed by atoms with Gasteiger partial charge in [0.2, 0.25) is 0 Å². The van der Waals surface area contributed by atoms with Crippen LogP contribution in [0.1, 0.15) is 31.6 Å². The molecule has 1 unspecified atom stereocenters. The molecule has 2 N–H and O–H groups in total. The van der Waals surface area contributed by atoms with E-state index >= 15 is 0 Å². The largest absolute Gasteiger partial charge is 0.468 e. The molecular weight excluding hydrogens is 264 g/mol. The minimum Gasteiger partial charge on any atom is -0.468 e. The molecule has 21 heavy (non-hydrogen) atoms. The summed E-state index contributed by atoms with van der Waals surface area (Å²) in [6.45, 7) is 10.3. The van der Waals surface area contributed by atoms with Gasteiger partial charge in [-0.2, -0.15) is 0 Å². The highest BCUT2D eigenvalue weighted by Gasteiger charge is 2.25. The fourth-order valence-electron chi connectivity index (χ4n) is 2.61. The molecule has 1 aliphatic rings. The Bertz CT molecular complexity index is 435. The van der Waals surface area contributed by atoms with Crippen LogP contribution in [0.5, 0.6) is 0 Å². The van der Waals surface area contributed by atoms with Crippen molar-refractivity contribution in [3.8, 4) is 0 Å². The van der Waals surface area contributed by atoms with Crippen molar-refractivity contribution in [2.75, 3.05) is 32.7 Å². The van der Waals surface area contributed by atoms with Gasteiger partial charge in [-0.05, 0) is 45.0 Å². The maximum Gasteiger partial charge on any atom is 0.191 e. The first-order chi connectivity index (χ1) is 10.3. The molecule has 0 saturated carbocycles. The molecule has 2 heterocycles. The van der Waals surface area contributed by atoms with Crippen LogP contribution in [0.2, 0.25) is 0 Å². The van der Waals surface area contributed by atoms with Crippen LogP contribution in [0.25, 0.3) is 0 Å². The number of nitrogens with one attached hydrogen (secondary N) is 2. The lowest BCUT2D eigenvalue weighted by atomic mass is 10.2. The second-order valence-corrected chi connectivity index (χ2v) is 5.16. The highest BCUT2D eigenvalue weighted by Crippen LogP contribution is 2.25. The summed E-state index contributed by atoms with van der Waals surface area (Å²) >= 11 is 0. The van der Waals surface area contributed by atoms with E-state index in [9.17, 15) is 0 Å². The van der Waals surface area contributed by atoms with E-state index in [0.29, 0.717) is 13.1 Å². The number of aliphatic imine (C=N–C) groups is 1. The van der Waals surface area contributed by atoms with Crippen LogP contribution in [-0.2, 0) is 0 Å². The third-order valence-corrected chi connectivity index (χ3v) is 3.63. The van der Waals surface area contributed by atoms with Gasteiger partial charge in [-0.25, -0.2) is 0 Å². The number of furan rings is 1. The Balaban J connectivity index is 2.04. The van der Waals surface area contributed by atoms with Gasteiger partial charge in [0.15, 0.2) is 5.96 Å². The van der Waals surface area contributed by atoms with Gasteiger partial charge < -0.3 is 15.1 Å². The van der Waals surface area contributed by atoms with Crippen molar-refractivity contribution in [2.45, 2.75) is 25.8 Å². The zero-order chi connectivity index (χ0) is 14.9.